The highest BCUT2D eigenvalue weighted by atomic mass is 16.7. The summed E-state index contributed by atoms with van der Waals surface area (Å²) >= 11 is 0. The van der Waals surface area contributed by atoms with Crippen molar-refractivity contribution in [3.05, 3.63) is 60.4 Å². The molecule has 4 rings (SSSR count). The van der Waals surface area contributed by atoms with Crippen molar-refractivity contribution in [2.24, 2.45) is 0 Å². The molecular weight excluding hydrogens is 360 g/mol. The van der Waals surface area contributed by atoms with Crippen molar-refractivity contribution >= 4 is 17.5 Å². The molecule has 0 radical (unpaired) electrons. The number of hydrogen-bond acceptors (Lipinski definition) is 7. The topological polar surface area (TPSA) is 85.8 Å². The van der Waals surface area contributed by atoms with E-state index in [4.69, 9.17) is 14.2 Å². The van der Waals surface area contributed by atoms with E-state index in [1.165, 1.54) is 12.4 Å². The first-order valence-corrected chi connectivity index (χ1v) is 8.57. The zero-order valence-electron chi connectivity index (χ0n) is 15.4. The van der Waals surface area contributed by atoms with Crippen LogP contribution in [-0.2, 0) is 0 Å². The van der Waals surface area contributed by atoms with Gasteiger partial charge >= 0.3 is 0 Å². The molecule has 8 nitrogen and oxygen atoms in total. The lowest BCUT2D eigenvalue weighted by Crippen LogP contribution is -2.16. The molecule has 0 fully saturated rings. The molecular formula is C20H18N4O4. The number of amides is 1. The zero-order valence-corrected chi connectivity index (χ0v) is 15.4. The molecule has 142 valence electrons. The van der Waals surface area contributed by atoms with Gasteiger partial charge in [0.15, 0.2) is 11.5 Å². The fourth-order valence-corrected chi connectivity index (χ4v) is 2.56. The standard InChI is InChI=1S/C20H18N4O4/c1-24(2)20-21-10-13(11-22-20)19(25)23-14-3-5-15(6-4-14)28-16-7-8-17-18(9-16)27-12-26-17/h3-11H,12H2,1-2H3,(H,23,25). The van der Waals surface area contributed by atoms with E-state index in [0.29, 0.717) is 40.2 Å². The highest BCUT2D eigenvalue weighted by Gasteiger charge is 2.14. The van der Waals surface area contributed by atoms with Gasteiger partial charge in [0.1, 0.15) is 11.5 Å². The Labute approximate surface area is 161 Å². The molecule has 1 aliphatic rings. The number of hydrogen-bond donors (Lipinski definition) is 1. The average molecular weight is 378 g/mol. The van der Waals surface area contributed by atoms with Gasteiger partial charge in [-0.2, -0.15) is 0 Å². The zero-order chi connectivity index (χ0) is 19.5. The molecule has 2 aromatic carbocycles. The number of nitrogens with one attached hydrogen (secondary N) is 1. The van der Waals surface area contributed by atoms with Crippen LogP contribution in [0.15, 0.2) is 54.9 Å². The van der Waals surface area contributed by atoms with Crippen LogP contribution in [0.3, 0.4) is 0 Å². The number of anilines is 2. The van der Waals surface area contributed by atoms with E-state index in [2.05, 4.69) is 15.3 Å². The van der Waals surface area contributed by atoms with Gasteiger partial charge in [-0.15, -0.1) is 0 Å². The van der Waals surface area contributed by atoms with Gasteiger partial charge in [-0.05, 0) is 36.4 Å². The molecule has 1 amide bonds. The number of nitrogens with zero attached hydrogens (tertiary/aromatic N) is 3. The number of benzene rings is 2. The second-order valence-electron chi connectivity index (χ2n) is 6.26. The van der Waals surface area contributed by atoms with Crippen LogP contribution in [0, 0.1) is 0 Å². The molecule has 8 heteroatoms. The van der Waals surface area contributed by atoms with Crippen LogP contribution >= 0.6 is 0 Å². The maximum Gasteiger partial charge on any atom is 0.258 e. The van der Waals surface area contributed by atoms with Crippen molar-refractivity contribution in [2.75, 3.05) is 31.1 Å². The molecule has 3 aromatic rings. The lowest BCUT2D eigenvalue weighted by Gasteiger charge is -2.10. The number of carbonyl (C=O) groups excluding carboxylic acids is 1. The number of rotatable bonds is 5. The van der Waals surface area contributed by atoms with E-state index in [9.17, 15) is 4.79 Å². The van der Waals surface area contributed by atoms with Crippen LogP contribution in [0.4, 0.5) is 11.6 Å². The minimum atomic E-state index is -0.283. The maximum absolute atomic E-state index is 12.3. The maximum atomic E-state index is 12.3. The summed E-state index contributed by atoms with van der Waals surface area (Å²) in [7, 11) is 3.67. The molecule has 2 heterocycles. The lowest BCUT2D eigenvalue weighted by molar-refractivity contribution is 0.102. The highest BCUT2D eigenvalue weighted by molar-refractivity contribution is 6.03. The second-order valence-corrected chi connectivity index (χ2v) is 6.26. The number of carbonyl (C=O) groups is 1. The van der Waals surface area contributed by atoms with Crippen molar-refractivity contribution < 1.29 is 19.0 Å². The van der Waals surface area contributed by atoms with Crippen LogP contribution < -0.4 is 24.4 Å². The minimum Gasteiger partial charge on any atom is -0.457 e. The SMILES string of the molecule is CN(C)c1ncc(C(=O)Nc2ccc(Oc3ccc4c(c3)OCO4)cc2)cn1. The van der Waals surface area contributed by atoms with Gasteiger partial charge in [-0.3, -0.25) is 4.79 Å². The summed E-state index contributed by atoms with van der Waals surface area (Å²) in [4.78, 5) is 22.4. The van der Waals surface area contributed by atoms with E-state index in [0.717, 1.165) is 0 Å². The molecule has 28 heavy (non-hydrogen) atoms. The van der Waals surface area contributed by atoms with Crippen LogP contribution in [0.5, 0.6) is 23.0 Å². The molecule has 1 N–H and O–H groups in total. The lowest BCUT2D eigenvalue weighted by atomic mass is 10.2. The fraction of sp³-hybridized carbons (Fsp3) is 0.150. The third-order valence-electron chi connectivity index (χ3n) is 3.99. The van der Waals surface area contributed by atoms with Gasteiger partial charge in [-0.25, -0.2) is 9.97 Å². The van der Waals surface area contributed by atoms with Crippen LogP contribution in [0.1, 0.15) is 10.4 Å². The summed E-state index contributed by atoms with van der Waals surface area (Å²) < 4.78 is 16.4. The quantitative estimate of drug-likeness (QED) is 0.729. The van der Waals surface area contributed by atoms with Crippen LogP contribution in [-0.4, -0.2) is 36.8 Å². The largest absolute Gasteiger partial charge is 0.457 e. The van der Waals surface area contributed by atoms with Crippen molar-refractivity contribution in [2.45, 2.75) is 0 Å². The first kappa shape index (κ1) is 17.6. The fourth-order valence-electron chi connectivity index (χ4n) is 2.56. The Morgan fingerprint density at radius 3 is 2.39 bits per heavy atom. The minimum absolute atomic E-state index is 0.218. The molecule has 1 aliphatic heterocycles. The van der Waals surface area contributed by atoms with Crippen LogP contribution in [0.2, 0.25) is 0 Å². The molecule has 0 saturated carbocycles. The monoisotopic (exact) mass is 378 g/mol. The normalized spacial score (nSPS) is 11.8. The number of ether oxygens (including phenoxy) is 3. The summed E-state index contributed by atoms with van der Waals surface area (Å²) in [5.74, 6) is 2.89. The summed E-state index contributed by atoms with van der Waals surface area (Å²) in [6, 6.07) is 12.4. The first-order valence-electron chi connectivity index (χ1n) is 8.57. The van der Waals surface area contributed by atoms with Gasteiger partial charge < -0.3 is 24.4 Å². The van der Waals surface area contributed by atoms with E-state index >= 15 is 0 Å². The predicted molar refractivity (Wildman–Crippen MR) is 103 cm³/mol. The first-order chi connectivity index (χ1) is 13.6. The Morgan fingerprint density at radius 2 is 1.68 bits per heavy atom. The molecule has 0 aliphatic carbocycles. The second kappa shape index (κ2) is 7.43. The third kappa shape index (κ3) is 3.80. The van der Waals surface area contributed by atoms with Gasteiger partial charge in [-0.1, -0.05) is 0 Å². The Kier molecular flexibility index (Phi) is 4.67. The number of fused-ring (bicyclic) bond motifs is 1. The Bertz CT molecular complexity index is 988. The summed E-state index contributed by atoms with van der Waals surface area (Å²) in [6.07, 6.45) is 2.99. The highest BCUT2D eigenvalue weighted by Crippen LogP contribution is 2.36. The average Bonchev–Trinajstić information content (AvgIpc) is 3.17. The van der Waals surface area contributed by atoms with Crippen molar-refractivity contribution in [1.29, 1.82) is 0 Å². The molecule has 0 spiro atoms. The van der Waals surface area contributed by atoms with E-state index in [1.54, 1.807) is 47.4 Å². The summed E-state index contributed by atoms with van der Waals surface area (Å²) in [5.41, 5.74) is 1.02. The van der Waals surface area contributed by atoms with Gasteiger partial charge in [0, 0.05) is 38.2 Å². The van der Waals surface area contributed by atoms with Crippen molar-refractivity contribution in [3.8, 4) is 23.0 Å². The molecule has 1 aromatic heterocycles. The Balaban J connectivity index is 1.39. The number of aromatic nitrogens is 2. The van der Waals surface area contributed by atoms with Crippen LogP contribution in [0.25, 0.3) is 0 Å². The summed E-state index contributed by atoms with van der Waals surface area (Å²) in [6.45, 7) is 0.218. The smallest absolute Gasteiger partial charge is 0.258 e. The van der Waals surface area contributed by atoms with E-state index in [-0.39, 0.29) is 12.7 Å². The molecule has 0 atom stereocenters. The Hall–Kier alpha value is -3.81. The van der Waals surface area contributed by atoms with Crippen molar-refractivity contribution in [1.82, 2.24) is 9.97 Å². The molecule has 0 saturated heterocycles. The predicted octanol–water partition coefficient (Wildman–Crippen LogP) is 3.32. The van der Waals surface area contributed by atoms with E-state index in [1.807, 2.05) is 14.1 Å². The molecule has 0 bridgehead atoms. The Morgan fingerprint density at radius 1 is 1.00 bits per heavy atom. The van der Waals surface area contributed by atoms with Gasteiger partial charge in [0.05, 0.1) is 5.56 Å². The summed E-state index contributed by atoms with van der Waals surface area (Å²) in [5, 5.41) is 2.81. The van der Waals surface area contributed by atoms with Gasteiger partial charge in [0.25, 0.3) is 5.91 Å². The van der Waals surface area contributed by atoms with Crippen molar-refractivity contribution in [3.63, 3.8) is 0 Å². The van der Waals surface area contributed by atoms with Gasteiger partial charge in [0.2, 0.25) is 12.7 Å². The van der Waals surface area contributed by atoms with E-state index < -0.39 is 0 Å². The third-order valence-corrected chi connectivity index (χ3v) is 3.99. The molecule has 0 unspecified atom stereocenters.